The van der Waals surface area contributed by atoms with Gasteiger partial charge in [-0.15, -0.1) is 11.3 Å². The van der Waals surface area contributed by atoms with Crippen LogP contribution in [0.3, 0.4) is 0 Å². The van der Waals surface area contributed by atoms with Crippen molar-refractivity contribution in [2.75, 3.05) is 26.1 Å². The third-order valence-electron chi connectivity index (χ3n) is 4.37. The van der Waals surface area contributed by atoms with Gasteiger partial charge in [-0.05, 0) is 47.4 Å². The van der Waals surface area contributed by atoms with Crippen molar-refractivity contribution in [1.29, 1.82) is 0 Å². The van der Waals surface area contributed by atoms with E-state index < -0.39 is 11.9 Å². The minimum atomic E-state index is -0.699. The summed E-state index contributed by atoms with van der Waals surface area (Å²) in [6.07, 6.45) is 2.95. The van der Waals surface area contributed by atoms with Crippen LogP contribution in [0.25, 0.3) is 6.08 Å². The molecule has 0 bridgehead atoms. The van der Waals surface area contributed by atoms with E-state index in [2.05, 4.69) is 5.32 Å². The fourth-order valence-corrected chi connectivity index (χ4v) is 3.44. The number of carbonyl (C=O) groups is 3. The highest BCUT2D eigenvalue weighted by Gasteiger charge is 2.16. The number of carbonyl (C=O) groups excluding carboxylic acids is 3. The summed E-state index contributed by atoms with van der Waals surface area (Å²) < 4.78 is 15.6. The lowest BCUT2D eigenvalue weighted by Gasteiger charge is -2.10. The Balaban J connectivity index is 1.65. The molecule has 0 aliphatic rings. The molecule has 0 fully saturated rings. The third kappa shape index (κ3) is 5.83. The van der Waals surface area contributed by atoms with Crippen LogP contribution in [0, 0.1) is 0 Å². The smallest absolute Gasteiger partial charge is 0.340 e. The molecule has 1 aromatic heterocycles. The van der Waals surface area contributed by atoms with Gasteiger partial charge in [-0.25, -0.2) is 4.79 Å². The van der Waals surface area contributed by atoms with Crippen LogP contribution < -0.4 is 14.8 Å². The van der Waals surface area contributed by atoms with Crippen molar-refractivity contribution >= 4 is 40.8 Å². The number of esters is 1. The number of Topliss-reactive ketones (excluding diaryl/α,β-unsaturated/α-hetero) is 1. The average Bonchev–Trinajstić information content (AvgIpc) is 3.36. The summed E-state index contributed by atoms with van der Waals surface area (Å²) in [5.74, 6) is -0.295. The molecule has 0 aliphatic heterocycles. The van der Waals surface area contributed by atoms with Crippen molar-refractivity contribution < 1.29 is 28.6 Å². The number of anilines is 1. The van der Waals surface area contributed by atoms with E-state index in [1.807, 2.05) is 0 Å². The van der Waals surface area contributed by atoms with Gasteiger partial charge in [0.15, 0.2) is 18.1 Å². The number of ketones is 1. The van der Waals surface area contributed by atoms with E-state index in [-0.39, 0.29) is 23.6 Å². The number of ether oxygens (including phenoxy) is 3. The molecule has 1 N–H and O–H groups in total. The fourth-order valence-electron chi connectivity index (χ4n) is 2.79. The molecule has 0 aliphatic carbocycles. The van der Waals surface area contributed by atoms with Crippen LogP contribution in [-0.4, -0.2) is 38.5 Å². The number of benzene rings is 2. The second-order valence-corrected chi connectivity index (χ2v) is 7.41. The van der Waals surface area contributed by atoms with Gasteiger partial charge in [0.1, 0.15) is 0 Å². The van der Waals surface area contributed by atoms with E-state index in [1.54, 1.807) is 67.1 Å². The highest BCUT2D eigenvalue weighted by Crippen LogP contribution is 2.28. The molecule has 8 heteroatoms. The minimum absolute atomic E-state index is 0.152. The maximum Gasteiger partial charge on any atom is 0.340 e. The summed E-state index contributed by atoms with van der Waals surface area (Å²) in [7, 11) is 3.07. The number of nitrogens with one attached hydrogen (secondary N) is 1. The number of hydrogen-bond acceptors (Lipinski definition) is 7. The molecule has 3 aromatic rings. The lowest BCUT2D eigenvalue weighted by atomic mass is 10.1. The Kier molecular flexibility index (Phi) is 7.77. The van der Waals surface area contributed by atoms with Crippen LogP contribution in [0.2, 0.25) is 0 Å². The predicted octanol–water partition coefficient (Wildman–Crippen LogP) is 4.46. The first-order valence-corrected chi connectivity index (χ1v) is 10.4. The molecule has 1 amide bonds. The zero-order valence-corrected chi connectivity index (χ0v) is 18.3. The fraction of sp³-hybridized carbons (Fsp3) is 0.125. The van der Waals surface area contributed by atoms with Gasteiger partial charge in [0.05, 0.1) is 30.3 Å². The maximum absolute atomic E-state index is 12.5. The zero-order valence-electron chi connectivity index (χ0n) is 17.5. The van der Waals surface area contributed by atoms with E-state index in [0.29, 0.717) is 16.4 Å². The molecule has 164 valence electrons. The number of amides is 1. The Morgan fingerprint density at radius 2 is 1.75 bits per heavy atom. The van der Waals surface area contributed by atoms with Crippen LogP contribution >= 0.6 is 11.3 Å². The Hall–Kier alpha value is -3.91. The maximum atomic E-state index is 12.5. The summed E-state index contributed by atoms with van der Waals surface area (Å²) in [6, 6.07) is 15.1. The topological polar surface area (TPSA) is 90.9 Å². The van der Waals surface area contributed by atoms with Gasteiger partial charge >= 0.3 is 5.97 Å². The minimum Gasteiger partial charge on any atom is -0.493 e. The van der Waals surface area contributed by atoms with Crippen LogP contribution in [0.1, 0.15) is 25.6 Å². The van der Waals surface area contributed by atoms with Crippen LogP contribution in [0.5, 0.6) is 11.5 Å². The van der Waals surface area contributed by atoms with Crippen molar-refractivity contribution in [3.8, 4) is 11.5 Å². The number of hydrogen-bond donors (Lipinski definition) is 1. The van der Waals surface area contributed by atoms with E-state index in [0.717, 1.165) is 5.56 Å². The van der Waals surface area contributed by atoms with Crippen molar-refractivity contribution in [1.82, 2.24) is 0 Å². The lowest BCUT2D eigenvalue weighted by molar-refractivity contribution is -0.111. The van der Waals surface area contributed by atoms with Crippen molar-refractivity contribution in [2.45, 2.75) is 0 Å². The molecule has 3 rings (SSSR count). The van der Waals surface area contributed by atoms with Gasteiger partial charge in [-0.2, -0.15) is 0 Å². The molecule has 7 nitrogen and oxygen atoms in total. The molecular weight excluding hydrogens is 430 g/mol. The van der Waals surface area contributed by atoms with Crippen molar-refractivity contribution in [3.05, 3.63) is 82.1 Å². The van der Waals surface area contributed by atoms with Crippen LogP contribution in [-0.2, 0) is 9.53 Å². The lowest BCUT2D eigenvalue weighted by Crippen LogP contribution is -2.16. The summed E-state index contributed by atoms with van der Waals surface area (Å²) >= 11 is 1.28. The Bertz CT molecular complexity index is 1140. The van der Waals surface area contributed by atoms with E-state index in [4.69, 9.17) is 14.2 Å². The Morgan fingerprint density at radius 1 is 0.969 bits per heavy atom. The molecule has 0 saturated carbocycles. The molecule has 0 unspecified atom stereocenters. The quantitative estimate of drug-likeness (QED) is 0.294. The number of thiophene rings is 1. The molecule has 32 heavy (non-hydrogen) atoms. The zero-order chi connectivity index (χ0) is 22.9. The standard InChI is InChI=1S/C24H21NO6S/c1-29-20-11-9-16(14-21(20)30-2)10-12-23(27)25-18-7-4-3-6-17(18)24(28)31-15-19(26)22-8-5-13-32-22/h3-14H,15H2,1-2H3,(H,25,27)/b12-10+. The summed E-state index contributed by atoms with van der Waals surface area (Å²) in [4.78, 5) is 37.4. The van der Waals surface area contributed by atoms with E-state index >= 15 is 0 Å². The van der Waals surface area contributed by atoms with Crippen LogP contribution in [0.15, 0.2) is 66.1 Å². The third-order valence-corrected chi connectivity index (χ3v) is 5.28. The van der Waals surface area contributed by atoms with Gasteiger partial charge in [0.25, 0.3) is 0 Å². The van der Waals surface area contributed by atoms with Crippen LogP contribution in [0.4, 0.5) is 5.69 Å². The van der Waals surface area contributed by atoms with Gasteiger partial charge in [-0.3, -0.25) is 9.59 Å². The van der Waals surface area contributed by atoms with Crippen molar-refractivity contribution in [2.24, 2.45) is 0 Å². The second-order valence-electron chi connectivity index (χ2n) is 6.46. The first-order valence-electron chi connectivity index (χ1n) is 9.55. The number of rotatable bonds is 9. The SMILES string of the molecule is COc1ccc(/C=C/C(=O)Nc2ccccc2C(=O)OCC(=O)c2cccs2)cc1OC. The van der Waals surface area contributed by atoms with Gasteiger partial charge in [-0.1, -0.05) is 24.3 Å². The van der Waals surface area contributed by atoms with E-state index in [9.17, 15) is 14.4 Å². The first kappa shape index (κ1) is 22.8. The highest BCUT2D eigenvalue weighted by atomic mass is 32.1. The summed E-state index contributed by atoms with van der Waals surface area (Å²) in [5.41, 5.74) is 1.17. The molecule has 0 saturated heterocycles. The number of methoxy groups -OCH3 is 2. The molecule has 0 spiro atoms. The Morgan fingerprint density at radius 3 is 2.47 bits per heavy atom. The van der Waals surface area contributed by atoms with Crippen molar-refractivity contribution in [3.63, 3.8) is 0 Å². The highest BCUT2D eigenvalue weighted by molar-refractivity contribution is 7.12. The molecular formula is C24H21NO6S. The van der Waals surface area contributed by atoms with Gasteiger partial charge < -0.3 is 19.5 Å². The average molecular weight is 452 g/mol. The normalized spacial score (nSPS) is 10.6. The molecule has 0 atom stereocenters. The Labute approximate surface area is 189 Å². The first-order chi connectivity index (χ1) is 15.5. The molecule has 1 heterocycles. The molecule has 0 radical (unpaired) electrons. The van der Waals surface area contributed by atoms with Gasteiger partial charge in [0, 0.05) is 6.08 Å². The predicted molar refractivity (Wildman–Crippen MR) is 123 cm³/mol. The van der Waals surface area contributed by atoms with E-state index in [1.165, 1.54) is 30.6 Å². The van der Waals surface area contributed by atoms with Gasteiger partial charge in [0.2, 0.25) is 11.7 Å². The number of para-hydroxylation sites is 1. The largest absolute Gasteiger partial charge is 0.493 e. The molecule has 2 aromatic carbocycles. The monoisotopic (exact) mass is 451 g/mol. The summed E-state index contributed by atoms with van der Waals surface area (Å²) in [6.45, 7) is -0.374. The summed E-state index contributed by atoms with van der Waals surface area (Å²) in [5, 5.41) is 4.44. The second kappa shape index (κ2) is 10.9.